The fourth-order valence-electron chi connectivity index (χ4n) is 2.17. The number of carboxylic acids is 1. The van der Waals surface area contributed by atoms with Crippen LogP contribution in [0.15, 0.2) is 30.5 Å². The van der Waals surface area contributed by atoms with E-state index in [4.69, 9.17) is 23.2 Å². The van der Waals surface area contributed by atoms with Gasteiger partial charge in [0.25, 0.3) is 0 Å². The van der Waals surface area contributed by atoms with Crippen molar-refractivity contribution in [3.8, 4) is 0 Å². The number of aromatic nitrogens is 2. The number of carbonyl (C=O) groups is 1. The molecule has 2 aromatic rings. The van der Waals surface area contributed by atoms with Gasteiger partial charge in [-0.2, -0.15) is 4.98 Å². The summed E-state index contributed by atoms with van der Waals surface area (Å²) in [5.41, 5.74) is -0.0689. The number of nitro groups is 1. The van der Waals surface area contributed by atoms with Gasteiger partial charge < -0.3 is 10.0 Å². The van der Waals surface area contributed by atoms with Gasteiger partial charge in [0, 0.05) is 10.7 Å². The molecule has 2 rings (SSSR count). The van der Waals surface area contributed by atoms with E-state index in [0.29, 0.717) is 10.7 Å². The van der Waals surface area contributed by atoms with Crippen LogP contribution in [0.3, 0.4) is 0 Å². The third-order valence-electron chi connectivity index (χ3n) is 3.23. The van der Waals surface area contributed by atoms with E-state index in [1.165, 1.54) is 4.90 Å². The van der Waals surface area contributed by atoms with Crippen molar-refractivity contribution in [1.29, 1.82) is 0 Å². The van der Waals surface area contributed by atoms with Crippen molar-refractivity contribution < 1.29 is 14.8 Å². The minimum Gasteiger partial charge on any atom is -0.480 e. The van der Waals surface area contributed by atoms with Crippen LogP contribution < -0.4 is 4.90 Å². The van der Waals surface area contributed by atoms with Gasteiger partial charge in [-0.3, -0.25) is 10.1 Å². The third kappa shape index (κ3) is 3.72. The summed E-state index contributed by atoms with van der Waals surface area (Å²) >= 11 is 11.6. The highest BCUT2D eigenvalue weighted by Crippen LogP contribution is 2.35. The van der Waals surface area contributed by atoms with E-state index in [2.05, 4.69) is 9.97 Å². The van der Waals surface area contributed by atoms with Gasteiger partial charge in [-0.25, -0.2) is 9.78 Å². The number of anilines is 2. The predicted molar refractivity (Wildman–Crippen MR) is 89.0 cm³/mol. The molecule has 126 valence electrons. The van der Waals surface area contributed by atoms with Gasteiger partial charge >= 0.3 is 11.7 Å². The number of aliphatic carboxylic acids is 1. The monoisotopic (exact) mass is 370 g/mol. The van der Waals surface area contributed by atoms with Crippen LogP contribution in [0, 0.1) is 10.1 Å². The van der Waals surface area contributed by atoms with Gasteiger partial charge in [0.1, 0.15) is 12.2 Å². The van der Waals surface area contributed by atoms with Gasteiger partial charge in [0.2, 0.25) is 11.1 Å². The first-order valence-electron chi connectivity index (χ1n) is 6.79. The highest BCUT2D eigenvalue weighted by molar-refractivity contribution is 6.30. The lowest BCUT2D eigenvalue weighted by Gasteiger charge is -2.29. The summed E-state index contributed by atoms with van der Waals surface area (Å²) in [4.78, 5) is 31.0. The fourth-order valence-corrected chi connectivity index (χ4v) is 2.43. The second-order valence-electron chi connectivity index (χ2n) is 4.71. The van der Waals surface area contributed by atoms with Crippen molar-refractivity contribution in [2.75, 3.05) is 4.90 Å². The molecule has 1 N–H and O–H groups in total. The van der Waals surface area contributed by atoms with E-state index in [9.17, 15) is 20.0 Å². The summed E-state index contributed by atoms with van der Waals surface area (Å²) in [5.74, 6) is -1.35. The van der Waals surface area contributed by atoms with Crippen molar-refractivity contribution in [2.24, 2.45) is 0 Å². The number of hydrogen-bond acceptors (Lipinski definition) is 6. The highest BCUT2D eigenvalue weighted by Gasteiger charge is 2.32. The Kier molecular flexibility index (Phi) is 5.53. The fraction of sp³-hybridized carbons (Fsp3) is 0.214. The molecule has 0 fully saturated rings. The second kappa shape index (κ2) is 7.41. The zero-order valence-corrected chi connectivity index (χ0v) is 13.9. The van der Waals surface area contributed by atoms with E-state index >= 15 is 0 Å². The molecule has 1 heterocycles. The Labute approximate surface area is 146 Å². The smallest absolute Gasteiger partial charge is 0.330 e. The van der Waals surface area contributed by atoms with Crippen molar-refractivity contribution in [3.05, 3.63) is 50.9 Å². The molecule has 0 aliphatic carbocycles. The van der Waals surface area contributed by atoms with E-state index in [1.807, 2.05) is 0 Å². The molecule has 10 heteroatoms. The molecule has 0 radical (unpaired) electrons. The lowest BCUT2D eigenvalue weighted by molar-refractivity contribution is -0.384. The van der Waals surface area contributed by atoms with Gasteiger partial charge in [0.15, 0.2) is 0 Å². The lowest BCUT2D eigenvalue weighted by atomic mass is 10.1. The minimum absolute atomic E-state index is 0.177. The van der Waals surface area contributed by atoms with Crippen LogP contribution in [0.25, 0.3) is 0 Å². The largest absolute Gasteiger partial charge is 0.480 e. The van der Waals surface area contributed by atoms with Gasteiger partial charge in [-0.15, -0.1) is 0 Å². The lowest BCUT2D eigenvalue weighted by Crippen LogP contribution is -2.38. The topological polar surface area (TPSA) is 109 Å². The average Bonchev–Trinajstić information content (AvgIpc) is 2.52. The Bertz CT molecular complexity index is 770. The van der Waals surface area contributed by atoms with Crippen molar-refractivity contribution in [1.82, 2.24) is 9.97 Å². The molecule has 0 bridgehead atoms. The van der Waals surface area contributed by atoms with Crippen LogP contribution in [0.4, 0.5) is 17.2 Å². The van der Waals surface area contributed by atoms with Gasteiger partial charge in [-0.05, 0) is 42.3 Å². The number of hydrogen-bond donors (Lipinski definition) is 1. The van der Waals surface area contributed by atoms with E-state index in [0.717, 1.165) is 6.20 Å². The molecule has 24 heavy (non-hydrogen) atoms. The maximum atomic E-state index is 11.6. The first-order valence-corrected chi connectivity index (χ1v) is 7.55. The highest BCUT2D eigenvalue weighted by atomic mass is 35.5. The molecule has 8 nitrogen and oxygen atoms in total. The molecular formula is C14H12Cl2N4O4. The molecular weight excluding hydrogens is 359 g/mol. The minimum atomic E-state index is -1.16. The van der Waals surface area contributed by atoms with Crippen molar-refractivity contribution >= 4 is 46.4 Å². The summed E-state index contributed by atoms with van der Waals surface area (Å²) < 4.78 is 0. The summed E-state index contributed by atoms with van der Waals surface area (Å²) in [6.45, 7) is 1.65. The Balaban J connectivity index is 2.71. The Morgan fingerprint density at radius 3 is 2.50 bits per heavy atom. The molecule has 0 saturated heterocycles. The van der Waals surface area contributed by atoms with Gasteiger partial charge in [-0.1, -0.05) is 18.5 Å². The molecule has 0 saturated carbocycles. The predicted octanol–water partition coefficient (Wildman–Crippen LogP) is 3.69. The molecule has 0 aliphatic heterocycles. The average molecular weight is 371 g/mol. The summed E-state index contributed by atoms with van der Waals surface area (Å²) in [7, 11) is 0. The van der Waals surface area contributed by atoms with Crippen LogP contribution in [0.2, 0.25) is 10.3 Å². The van der Waals surface area contributed by atoms with E-state index in [-0.39, 0.29) is 17.5 Å². The summed E-state index contributed by atoms with van der Waals surface area (Å²) in [5, 5.41) is 21.0. The van der Waals surface area contributed by atoms with Crippen molar-refractivity contribution in [2.45, 2.75) is 19.4 Å². The van der Waals surface area contributed by atoms with E-state index < -0.39 is 22.6 Å². The zero-order chi connectivity index (χ0) is 17.9. The maximum absolute atomic E-state index is 11.6. The molecule has 1 aromatic heterocycles. The van der Waals surface area contributed by atoms with Crippen LogP contribution in [0.5, 0.6) is 0 Å². The molecule has 1 aromatic carbocycles. The second-order valence-corrected chi connectivity index (χ2v) is 5.49. The Hall–Kier alpha value is -2.45. The molecule has 0 spiro atoms. The molecule has 0 amide bonds. The van der Waals surface area contributed by atoms with E-state index in [1.54, 1.807) is 31.2 Å². The number of nitrogens with zero attached hydrogens (tertiary/aromatic N) is 4. The van der Waals surface area contributed by atoms with Crippen LogP contribution in [-0.2, 0) is 4.79 Å². The molecule has 1 unspecified atom stereocenters. The SMILES string of the molecule is CCC(C(=O)O)N(c1ccc(Cl)cc1)c1nc(Cl)ncc1[N+](=O)[O-]. The Morgan fingerprint density at radius 2 is 2.00 bits per heavy atom. The van der Waals surface area contributed by atoms with Crippen LogP contribution in [-0.4, -0.2) is 32.0 Å². The number of rotatable bonds is 6. The number of carboxylic acid groups (broad SMARTS) is 1. The Morgan fingerprint density at radius 1 is 1.38 bits per heavy atom. The van der Waals surface area contributed by atoms with Crippen molar-refractivity contribution in [3.63, 3.8) is 0 Å². The first kappa shape index (κ1) is 17.9. The molecule has 0 aliphatic rings. The number of halogens is 2. The van der Waals surface area contributed by atoms with Crippen LogP contribution in [0.1, 0.15) is 13.3 Å². The zero-order valence-electron chi connectivity index (χ0n) is 12.4. The summed E-state index contributed by atoms with van der Waals surface area (Å²) in [6.07, 6.45) is 1.12. The standard InChI is InChI=1S/C14H12Cl2N4O4/c1-2-10(13(21)22)19(9-5-3-8(15)4-6-9)12-11(20(23)24)7-17-14(16)18-12/h3-7,10H,2H2,1H3,(H,21,22). The summed E-state index contributed by atoms with van der Waals surface area (Å²) in [6, 6.07) is 5.11. The quantitative estimate of drug-likeness (QED) is 0.468. The maximum Gasteiger partial charge on any atom is 0.330 e. The molecule has 1 atom stereocenters. The number of benzene rings is 1. The van der Waals surface area contributed by atoms with Gasteiger partial charge in [0.05, 0.1) is 4.92 Å². The normalized spacial score (nSPS) is 11.8. The van der Waals surface area contributed by atoms with Crippen LogP contribution >= 0.6 is 23.2 Å². The first-order chi connectivity index (χ1) is 11.3. The third-order valence-corrected chi connectivity index (χ3v) is 3.67.